The van der Waals surface area contributed by atoms with Crippen LogP contribution in [0.2, 0.25) is 5.02 Å². The zero-order valence-corrected chi connectivity index (χ0v) is 15.0. The predicted octanol–water partition coefficient (Wildman–Crippen LogP) is 6.63. The first-order chi connectivity index (χ1) is 10.1. The van der Waals surface area contributed by atoms with Gasteiger partial charge in [0.2, 0.25) is 0 Å². The van der Waals surface area contributed by atoms with E-state index in [0.29, 0.717) is 0 Å². The molecule has 21 heavy (non-hydrogen) atoms. The van der Waals surface area contributed by atoms with E-state index in [2.05, 4.69) is 73.6 Å². The lowest BCUT2D eigenvalue weighted by atomic mass is 10.1. The lowest BCUT2D eigenvalue weighted by Crippen LogP contribution is -1.99. The molecule has 1 nitrogen and oxygen atoms in total. The molecule has 0 saturated carbocycles. The number of nitrogens with one attached hydrogen (secondary N) is 1. The quantitative estimate of drug-likeness (QED) is 0.497. The fourth-order valence-corrected chi connectivity index (χ4v) is 3.10. The van der Waals surface area contributed by atoms with Crippen LogP contribution in [0.4, 0.5) is 5.69 Å². The van der Waals surface area contributed by atoms with Crippen LogP contribution in [-0.2, 0) is 6.54 Å². The summed E-state index contributed by atoms with van der Waals surface area (Å²) in [6.07, 6.45) is 0. The summed E-state index contributed by atoms with van der Waals surface area (Å²) in [6.45, 7) is 0.762. The van der Waals surface area contributed by atoms with E-state index in [1.54, 1.807) is 0 Å². The second-order valence-corrected chi connectivity index (χ2v) is 6.99. The van der Waals surface area contributed by atoms with E-state index < -0.39 is 0 Å². The third kappa shape index (κ3) is 3.60. The monoisotopic (exact) mass is 423 g/mol. The third-order valence-electron chi connectivity index (χ3n) is 3.28. The smallest absolute Gasteiger partial charge is 0.0548 e. The number of fused-ring (bicyclic) bond motifs is 1. The fraction of sp³-hybridized carbons (Fsp3) is 0.0588. The largest absolute Gasteiger partial charge is 0.381 e. The van der Waals surface area contributed by atoms with Crippen molar-refractivity contribution in [2.45, 2.75) is 6.54 Å². The first kappa shape index (κ1) is 14.9. The van der Waals surface area contributed by atoms with Crippen molar-refractivity contribution < 1.29 is 0 Å². The van der Waals surface area contributed by atoms with Crippen molar-refractivity contribution in [2.75, 3.05) is 5.32 Å². The Hall–Kier alpha value is -1.03. The van der Waals surface area contributed by atoms with Gasteiger partial charge in [0.1, 0.15) is 0 Å². The van der Waals surface area contributed by atoms with E-state index in [1.165, 1.54) is 16.3 Å². The minimum absolute atomic E-state index is 0.732. The minimum atomic E-state index is 0.732. The molecular formula is C17H12Br2ClN. The Balaban J connectivity index is 1.78. The zero-order chi connectivity index (χ0) is 14.8. The van der Waals surface area contributed by atoms with Crippen molar-refractivity contribution in [1.82, 2.24) is 0 Å². The summed E-state index contributed by atoms with van der Waals surface area (Å²) in [5.41, 5.74) is 2.29. The van der Waals surface area contributed by atoms with Gasteiger partial charge in [-0.1, -0.05) is 45.7 Å². The predicted molar refractivity (Wildman–Crippen MR) is 98.1 cm³/mol. The molecule has 3 rings (SSSR count). The Kier molecular flexibility index (Phi) is 4.53. The summed E-state index contributed by atoms with van der Waals surface area (Å²) >= 11 is 12.9. The lowest BCUT2D eigenvalue weighted by molar-refractivity contribution is 1.15. The molecule has 0 heterocycles. The lowest BCUT2D eigenvalue weighted by Gasteiger charge is -2.09. The van der Waals surface area contributed by atoms with Gasteiger partial charge >= 0.3 is 0 Å². The maximum atomic E-state index is 6.00. The molecule has 0 spiro atoms. The molecule has 3 aromatic carbocycles. The summed E-state index contributed by atoms with van der Waals surface area (Å²) in [6, 6.07) is 18.6. The molecule has 3 aromatic rings. The van der Waals surface area contributed by atoms with Crippen molar-refractivity contribution in [3.05, 3.63) is 74.1 Å². The highest BCUT2D eigenvalue weighted by molar-refractivity contribution is 9.10. The number of hydrogen-bond acceptors (Lipinski definition) is 1. The van der Waals surface area contributed by atoms with Crippen LogP contribution in [0, 0.1) is 0 Å². The molecule has 0 aromatic heterocycles. The van der Waals surface area contributed by atoms with Gasteiger partial charge in [0.05, 0.1) is 5.02 Å². The van der Waals surface area contributed by atoms with Crippen LogP contribution in [0.15, 0.2) is 63.5 Å². The molecule has 0 aliphatic heterocycles. The highest BCUT2D eigenvalue weighted by atomic mass is 79.9. The van der Waals surface area contributed by atoms with Crippen LogP contribution in [0.5, 0.6) is 0 Å². The maximum absolute atomic E-state index is 6.00. The highest BCUT2D eigenvalue weighted by Crippen LogP contribution is 2.25. The highest BCUT2D eigenvalue weighted by Gasteiger charge is 2.01. The molecule has 0 bridgehead atoms. The second kappa shape index (κ2) is 6.39. The molecule has 0 fully saturated rings. The Bertz CT molecular complexity index is 802. The summed E-state index contributed by atoms with van der Waals surface area (Å²) in [5, 5.41) is 6.62. The van der Waals surface area contributed by atoms with E-state index >= 15 is 0 Å². The van der Waals surface area contributed by atoms with E-state index in [9.17, 15) is 0 Å². The van der Waals surface area contributed by atoms with Gasteiger partial charge in [-0.2, -0.15) is 0 Å². The molecule has 0 saturated heterocycles. The Morgan fingerprint density at radius 1 is 0.857 bits per heavy atom. The first-order valence-electron chi connectivity index (χ1n) is 6.49. The standard InChI is InChI=1S/C17H12Br2ClN/c18-14-4-2-13-9-15(5-3-12(13)8-14)21-10-11-1-6-17(20)16(19)7-11/h1-9,21H,10H2. The average molecular weight is 426 g/mol. The number of rotatable bonds is 3. The summed E-state index contributed by atoms with van der Waals surface area (Å²) < 4.78 is 2.02. The fourth-order valence-electron chi connectivity index (χ4n) is 2.18. The normalized spacial score (nSPS) is 10.8. The molecule has 106 valence electrons. The minimum Gasteiger partial charge on any atom is -0.381 e. The van der Waals surface area contributed by atoms with Gasteiger partial charge in [-0.15, -0.1) is 0 Å². The first-order valence-corrected chi connectivity index (χ1v) is 8.45. The van der Waals surface area contributed by atoms with E-state index in [-0.39, 0.29) is 0 Å². The molecule has 0 amide bonds. The van der Waals surface area contributed by atoms with Gasteiger partial charge in [-0.3, -0.25) is 0 Å². The van der Waals surface area contributed by atoms with E-state index in [1.807, 2.05) is 18.2 Å². The number of anilines is 1. The summed E-state index contributed by atoms with van der Waals surface area (Å²) in [7, 11) is 0. The zero-order valence-electron chi connectivity index (χ0n) is 11.0. The Morgan fingerprint density at radius 2 is 1.62 bits per heavy atom. The number of hydrogen-bond donors (Lipinski definition) is 1. The molecule has 0 unspecified atom stereocenters. The molecule has 0 atom stereocenters. The van der Waals surface area contributed by atoms with Crippen LogP contribution in [0.1, 0.15) is 5.56 Å². The van der Waals surface area contributed by atoms with Gasteiger partial charge in [-0.25, -0.2) is 0 Å². The topological polar surface area (TPSA) is 12.0 Å². The van der Waals surface area contributed by atoms with Gasteiger partial charge in [0, 0.05) is 21.2 Å². The van der Waals surface area contributed by atoms with Crippen molar-refractivity contribution >= 4 is 59.9 Å². The molecule has 0 aliphatic carbocycles. The van der Waals surface area contributed by atoms with Crippen molar-refractivity contribution in [1.29, 1.82) is 0 Å². The Morgan fingerprint density at radius 3 is 2.43 bits per heavy atom. The van der Waals surface area contributed by atoms with Gasteiger partial charge in [0.25, 0.3) is 0 Å². The second-order valence-electron chi connectivity index (χ2n) is 4.81. The molecule has 0 aliphatic rings. The maximum Gasteiger partial charge on any atom is 0.0548 e. The Labute approximate surface area is 145 Å². The molecule has 1 N–H and O–H groups in total. The van der Waals surface area contributed by atoms with Crippen LogP contribution in [0.3, 0.4) is 0 Å². The van der Waals surface area contributed by atoms with Crippen LogP contribution >= 0.6 is 43.5 Å². The number of benzene rings is 3. The van der Waals surface area contributed by atoms with Crippen LogP contribution in [-0.4, -0.2) is 0 Å². The molecule has 0 radical (unpaired) electrons. The van der Waals surface area contributed by atoms with Crippen molar-refractivity contribution in [3.8, 4) is 0 Å². The average Bonchev–Trinajstić information content (AvgIpc) is 2.48. The molecule has 4 heteroatoms. The third-order valence-corrected chi connectivity index (χ3v) is 4.99. The SMILES string of the molecule is Clc1ccc(CNc2ccc3cc(Br)ccc3c2)cc1Br. The van der Waals surface area contributed by atoms with Crippen molar-refractivity contribution in [3.63, 3.8) is 0 Å². The van der Waals surface area contributed by atoms with Gasteiger partial charge in [0.15, 0.2) is 0 Å². The summed E-state index contributed by atoms with van der Waals surface area (Å²) in [4.78, 5) is 0. The van der Waals surface area contributed by atoms with E-state index in [0.717, 1.165) is 26.2 Å². The van der Waals surface area contributed by atoms with Crippen LogP contribution in [0.25, 0.3) is 10.8 Å². The van der Waals surface area contributed by atoms with Crippen LogP contribution < -0.4 is 5.32 Å². The van der Waals surface area contributed by atoms with Crippen molar-refractivity contribution in [2.24, 2.45) is 0 Å². The summed E-state index contributed by atoms with van der Waals surface area (Å²) in [5.74, 6) is 0. The number of halogens is 3. The molecular weight excluding hydrogens is 413 g/mol. The van der Waals surface area contributed by atoms with Gasteiger partial charge < -0.3 is 5.32 Å². The van der Waals surface area contributed by atoms with Gasteiger partial charge in [-0.05, 0) is 68.7 Å². The van der Waals surface area contributed by atoms with E-state index in [4.69, 9.17) is 11.6 Å².